The Balaban J connectivity index is -0.000000267. The fourth-order valence-electron chi connectivity index (χ4n) is 1.21. The molecule has 14 heavy (non-hydrogen) atoms. The largest absolute Gasteiger partial charge is 0.431 e. The second kappa shape index (κ2) is 23.2. The van der Waals surface area contributed by atoms with Crippen LogP contribution in [0.15, 0.2) is 0 Å². The molecular formula is C11H29FOSi. The van der Waals surface area contributed by atoms with E-state index in [9.17, 15) is 0 Å². The molecule has 0 fully saturated rings. The second-order valence-electron chi connectivity index (χ2n) is 3.53. The molecule has 0 atom stereocenters. The Labute approximate surface area is 92.5 Å². The quantitative estimate of drug-likeness (QED) is 0.476. The van der Waals surface area contributed by atoms with Gasteiger partial charge in [0.15, 0.2) is 0 Å². The van der Waals surface area contributed by atoms with E-state index in [1.54, 1.807) is 7.11 Å². The van der Waals surface area contributed by atoms with E-state index in [4.69, 9.17) is 0 Å². The van der Waals surface area contributed by atoms with Gasteiger partial charge in [-0.15, -0.1) is 0 Å². The molecule has 0 spiro atoms. The van der Waals surface area contributed by atoms with Gasteiger partial charge in [-0.25, -0.2) is 0 Å². The van der Waals surface area contributed by atoms with Crippen LogP contribution in [0.2, 0.25) is 0 Å². The van der Waals surface area contributed by atoms with Gasteiger partial charge in [0, 0.05) is 7.11 Å². The topological polar surface area (TPSA) is 9.23 Å². The van der Waals surface area contributed by atoms with Crippen LogP contribution in [0.5, 0.6) is 0 Å². The van der Waals surface area contributed by atoms with Crippen molar-refractivity contribution in [3.8, 4) is 0 Å². The van der Waals surface area contributed by atoms with Crippen molar-refractivity contribution in [3.05, 3.63) is 0 Å². The fourth-order valence-corrected chi connectivity index (χ4v) is 1.21. The monoisotopic (exact) mass is 224 g/mol. The van der Waals surface area contributed by atoms with Crippen molar-refractivity contribution in [2.45, 2.75) is 65.2 Å². The first kappa shape index (κ1) is 19.6. The van der Waals surface area contributed by atoms with E-state index >= 15 is 0 Å². The average molecular weight is 224 g/mol. The molecule has 0 bridgehead atoms. The zero-order valence-corrected chi connectivity index (χ0v) is 12.5. The lowest BCUT2D eigenvalue weighted by Crippen LogP contribution is -1.77. The van der Waals surface area contributed by atoms with Crippen molar-refractivity contribution in [3.63, 3.8) is 0 Å². The molecular weight excluding hydrogens is 195 g/mol. The Kier molecular flexibility index (Phi) is 32.5. The Morgan fingerprint density at radius 2 is 1.00 bits per heavy atom. The first-order valence-corrected chi connectivity index (χ1v) is 6.55. The molecule has 90 valence electrons. The molecule has 0 saturated carbocycles. The normalized spacial score (nSPS) is 8.79. The molecule has 0 aliphatic rings. The lowest BCUT2D eigenvalue weighted by Gasteiger charge is -1.97. The van der Waals surface area contributed by atoms with Crippen molar-refractivity contribution >= 4 is 10.5 Å². The summed E-state index contributed by atoms with van der Waals surface area (Å²) >= 11 is 0. The molecule has 0 aromatic rings. The van der Waals surface area contributed by atoms with E-state index in [2.05, 4.69) is 18.3 Å². The highest BCUT2D eigenvalue weighted by atomic mass is 28.2. The second-order valence-corrected chi connectivity index (χ2v) is 4.35. The smallest absolute Gasteiger partial charge is 0.145 e. The summed E-state index contributed by atoms with van der Waals surface area (Å²) in [6.07, 6.45) is 11.5. The third-order valence-electron chi connectivity index (χ3n) is 1.96. The van der Waals surface area contributed by atoms with Crippen LogP contribution in [-0.2, 0) is 4.43 Å². The lowest BCUT2D eigenvalue weighted by atomic mass is 10.1. The van der Waals surface area contributed by atoms with Crippen LogP contribution in [0.1, 0.15) is 65.2 Å². The lowest BCUT2D eigenvalue weighted by molar-refractivity contribution is 0.460. The molecule has 0 aromatic heterocycles. The molecule has 0 radical (unpaired) electrons. The number of halogens is 1. The van der Waals surface area contributed by atoms with Gasteiger partial charge in [0.1, 0.15) is 10.5 Å². The van der Waals surface area contributed by atoms with E-state index in [-0.39, 0.29) is 4.70 Å². The van der Waals surface area contributed by atoms with Gasteiger partial charge in [0.05, 0.1) is 0 Å². The number of hydrogen-bond donors (Lipinski definition) is 0. The summed E-state index contributed by atoms with van der Waals surface area (Å²) < 4.78 is 4.39. The van der Waals surface area contributed by atoms with Gasteiger partial charge in [0.25, 0.3) is 0 Å². The van der Waals surface area contributed by atoms with Crippen LogP contribution >= 0.6 is 0 Å². The van der Waals surface area contributed by atoms with Gasteiger partial charge < -0.3 is 4.43 Å². The van der Waals surface area contributed by atoms with E-state index in [1.807, 2.05) is 0 Å². The predicted octanol–water partition coefficient (Wildman–Crippen LogP) is 3.21. The number of hydrogen-bond acceptors (Lipinski definition) is 1. The third kappa shape index (κ3) is 29.6. The van der Waals surface area contributed by atoms with Crippen molar-refractivity contribution in [1.82, 2.24) is 0 Å². The van der Waals surface area contributed by atoms with Crippen LogP contribution in [-0.4, -0.2) is 17.6 Å². The molecule has 0 N–H and O–H groups in total. The first-order valence-electron chi connectivity index (χ1n) is 5.73. The molecule has 0 saturated heterocycles. The summed E-state index contributed by atoms with van der Waals surface area (Å²) in [6, 6.07) is 0. The Hall–Kier alpha value is 0.107. The first-order chi connectivity index (χ1) is 6.33. The van der Waals surface area contributed by atoms with Crippen LogP contribution in [0.25, 0.3) is 0 Å². The highest BCUT2D eigenvalue weighted by Crippen LogP contribution is 2.07. The van der Waals surface area contributed by atoms with Crippen molar-refractivity contribution < 1.29 is 9.13 Å². The van der Waals surface area contributed by atoms with Crippen LogP contribution in [0.3, 0.4) is 0 Å². The third-order valence-corrected chi connectivity index (χ3v) is 1.96. The highest BCUT2D eigenvalue weighted by molar-refractivity contribution is 5.97. The summed E-state index contributed by atoms with van der Waals surface area (Å²) in [4.78, 5) is 0. The summed E-state index contributed by atoms with van der Waals surface area (Å²) in [6.45, 7) is 4.54. The Morgan fingerprint density at radius 3 is 1.21 bits per heavy atom. The fraction of sp³-hybridized carbons (Fsp3) is 1.00. The molecule has 0 heterocycles. The minimum absolute atomic E-state index is 0. The van der Waals surface area contributed by atoms with Crippen LogP contribution < -0.4 is 0 Å². The van der Waals surface area contributed by atoms with Gasteiger partial charge >= 0.3 is 0 Å². The summed E-state index contributed by atoms with van der Waals surface area (Å²) in [5.74, 6) is 0. The SMILES string of the molecule is CCCCCCCCCC.CO[SiH3].F. The Bertz CT molecular complexity index is 64.3. The molecule has 0 aliphatic carbocycles. The van der Waals surface area contributed by atoms with Crippen LogP contribution in [0.4, 0.5) is 4.70 Å². The minimum atomic E-state index is 0. The summed E-state index contributed by atoms with van der Waals surface area (Å²) in [7, 11) is 2.56. The molecule has 1 nitrogen and oxygen atoms in total. The maximum atomic E-state index is 4.39. The summed E-state index contributed by atoms with van der Waals surface area (Å²) in [5, 5.41) is 0. The van der Waals surface area contributed by atoms with Gasteiger partial charge in [-0.3, -0.25) is 4.70 Å². The molecule has 0 aliphatic heterocycles. The van der Waals surface area contributed by atoms with Crippen LogP contribution in [0, 0.1) is 0 Å². The van der Waals surface area contributed by atoms with Crippen molar-refractivity contribution in [2.24, 2.45) is 0 Å². The maximum absolute atomic E-state index is 4.39. The van der Waals surface area contributed by atoms with E-state index in [0.717, 1.165) is 10.5 Å². The average Bonchev–Trinajstić information content (AvgIpc) is 2.13. The summed E-state index contributed by atoms with van der Waals surface area (Å²) in [5.41, 5.74) is 0. The van der Waals surface area contributed by atoms with Gasteiger partial charge in [-0.2, -0.15) is 0 Å². The van der Waals surface area contributed by atoms with E-state index in [1.165, 1.54) is 51.4 Å². The number of rotatable bonds is 7. The molecule has 0 aromatic carbocycles. The Morgan fingerprint density at radius 1 is 0.786 bits per heavy atom. The highest BCUT2D eigenvalue weighted by Gasteiger charge is 1.87. The van der Waals surface area contributed by atoms with Crippen molar-refractivity contribution in [2.75, 3.05) is 7.11 Å². The van der Waals surface area contributed by atoms with Gasteiger partial charge in [0.2, 0.25) is 0 Å². The standard InChI is InChI=1S/C10H22.CH6OSi.FH/c1-3-5-7-9-10-8-6-4-2;1-2-3;/h3-10H2,1-2H3;1,3H3;1H. The molecule has 0 amide bonds. The van der Waals surface area contributed by atoms with E-state index < -0.39 is 0 Å². The van der Waals surface area contributed by atoms with Crippen molar-refractivity contribution in [1.29, 1.82) is 0 Å². The zero-order valence-electron chi connectivity index (χ0n) is 10.5. The predicted molar refractivity (Wildman–Crippen MR) is 67.7 cm³/mol. The molecule has 3 heteroatoms. The molecule has 0 rings (SSSR count). The van der Waals surface area contributed by atoms with Gasteiger partial charge in [-0.05, 0) is 0 Å². The number of unbranched alkanes of at least 4 members (excludes halogenated alkanes) is 7. The molecule has 0 unspecified atom stereocenters. The van der Waals surface area contributed by atoms with E-state index in [0.29, 0.717) is 0 Å². The minimum Gasteiger partial charge on any atom is -0.431 e. The van der Waals surface area contributed by atoms with Gasteiger partial charge in [-0.1, -0.05) is 65.2 Å². The maximum Gasteiger partial charge on any atom is 0.145 e. The zero-order chi connectivity index (χ0) is 10.4.